The van der Waals surface area contributed by atoms with Crippen LogP contribution in [0, 0.1) is 5.82 Å². The van der Waals surface area contributed by atoms with E-state index < -0.39 is 0 Å². The number of carbonyl (C=O) groups excluding carboxylic acids is 1. The summed E-state index contributed by atoms with van der Waals surface area (Å²) in [6.45, 7) is -0.100. The molecule has 2 atom stereocenters. The van der Waals surface area contributed by atoms with Crippen LogP contribution in [0.4, 0.5) is 15.8 Å². The second kappa shape index (κ2) is 11.6. The first-order valence-electron chi connectivity index (χ1n) is 13.1. The van der Waals surface area contributed by atoms with E-state index in [1.807, 2.05) is 94.5 Å². The molecule has 6 rings (SSSR count). The molecule has 9 heteroatoms. The molecule has 0 spiro atoms. The van der Waals surface area contributed by atoms with Gasteiger partial charge in [0, 0.05) is 35.1 Å². The van der Waals surface area contributed by atoms with Gasteiger partial charge in [0.15, 0.2) is 11.7 Å². The molecule has 2 N–H and O–H groups in total. The molecule has 3 aromatic carbocycles. The minimum Gasteiger partial charge on any atom is -0.484 e. The Morgan fingerprint density at radius 1 is 0.927 bits per heavy atom. The van der Waals surface area contributed by atoms with Gasteiger partial charge in [0.1, 0.15) is 17.6 Å². The lowest BCUT2D eigenvalue weighted by Gasteiger charge is -2.29. The average Bonchev–Trinajstić information content (AvgIpc) is 3.62. The number of carbonyl (C=O) groups is 1. The van der Waals surface area contributed by atoms with Crippen LogP contribution in [0.3, 0.4) is 0 Å². The summed E-state index contributed by atoms with van der Waals surface area (Å²) >= 11 is 5.85. The summed E-state index contributed by atoms with van der Waals surface area (Å²) in [5.41, 5.74) is 3.91. The quantitative estimate of drug-likeness (QED) is 0.219. The molecular formula is C32H26FN5O2S. The van der Waals surface area contributed by atoms with E-state index in [2.05, 4.69) is 15.6 Å². The Kier molecular flexibility index (Phi) is 7.42. The number of anilines is 2. The molecule has 1 fully saturated rings. The third kappa shape index (κ3) is 5.66. The normalized spacial score (nSPS) is 16.3. The highest BCUT2D eigenvalue weighted by atomic mass is 32.1. The minimum absolute atomic E-state index is 0.100. The third-order valence-electron chi connectivity index (χ3n) is 6.81. The van der Waals surface area contributed by atoms with Gasteiger partial charge in [0.05, 0.1) is 11.7 Å². The van der Waals surface area contributed by atoms with Gasteiger partial charge in [-0.1, -0.05) is 30.3 Å². The highest BCUT2D eigenvalue weighted by Gasteiger charge is 2.42. The van der Waals surface area contributed by atoms with E-state index in [0.717, 1.165) is 17.1 Å². The van der Waals surface area contributed by atoms with Crippen molar-refractivity contribution in [1.29, 1.82) is 0 Å². The number of rotatable bonds is 8. The summed E-state index contributed by atoms with van der Waals surface area (Å²) in [5, 5.41) is 6.85. The van der Waals surface area contributed by atoms with E-state index in [9.17, 15) is 9.18 Å². The third-order valence-corrected chi connectivity index (χ3v) is 7.12. The highest BCUT2D eigenvalue weighted by Crippen LogP contribution is 2.42. The Labute approximate surface area is 242 Å². The predicted octanol–water partition coefficient (Wildman–Crippen LogP) is 6.21. The van der Waals surface area contributed by atoms with Crippen LogP contribution in [-0.4, -0.2) is 27.2 Å². The number of nitrogens with zero attached hydrogens (tertiary/aromatic N) is 3. The van der Waals surface area contributed by atoms with Crippen LogP contribution >= 0.6 is 12.2 Å². The Hall–Kier alpha value is -5.02. The molecule has 1 aliphatic heterocycles. The number of halogens is 1. The van der Waals surface area contributed by atoms with Gasteiger partial charge in [-0.15, -0.1) is 0 Å². The van der Waals surface area contributed by atoms with Crippen LogP contribution < -0.4 is 20.3 Å². The molecule has 2 aromatic heterocycles. The zero-order chi connectivity index (χ0) is 28.2. The summed E-state index contributed by atoms with van der Waals surface area (Å²) in [4.78, 5) is 19.1. The van der Waals surface area contributed by atoms with Gasteiger partial charge in [-0.05, 0) is 91.1 Å². The predicted molar refractivity (Wildman–Crippen MR) is 161 cm³/mol. The van der Waals surface area contributed by atoms with Crippen LogP contribution in [-0.2, 0) is 4.79 Å². The van der Waals surface area contributed by atoms with Crippen molar-refractivity contribution in [2.45, 2.75) is 12.1 Å². The van der Waals surface area contributed by atoms with Crippen molar-refractivity contribution in [2.24, 2.45) is 0 Å². The molecule has 1 aliphatic rings. The van der Waals surface area contributed by atoms with Gasteiger partial charge in [0.2, 0.25) is 0 Å². The molecule has 0 bridgehead atoms. The number of ether oxygens (including phenoxy) is 1. The topological polar surface area (TPSA) is 71.4 Å². The number of aromatic nitrogens is 2. The van der Waals surface area contributed by atoms with Gasteiger partial charge in [0.25, 0.3) is 5.91 Å². The molecule has 0 aliphatic carbocycles. The van der Waals surface area contributed by atoms with E-state index in [-0.39, 0.29) is 30.4 Å². The van der Waals surface area contributed by atoms with E-state index in [1.54, 1.807) is 24.4 Å². The Morgan fingerprint density at radius 2 is 1.73 bits per heavy atom. The van der Waals surface area contributed by atoms with Crippen molar-refractivity contribution in [3.05, 3.63) is 139 Å². The maximum absolute atomic E-state index is 14.2. The molecule has 0 radical (unpaired) electrons. The van der Waals surface area contributed by atoms with Crippen molar-refractivity contribution in [3.8, 4) is 11.4 Å². The smallest absolute Gasteiger partial charge is 0.262 e. The fourth-order valence-corrected chi connectivity index (χ4v) is 5.34. The molecule has 1 amide bonds. The van der Waals surface area contributed by atoms with Gasteiger partial charge >= 0.3 is 0 Å². The Morgan fingerprint density at radius 3 is 2.49 bits per heavy atom. The second-order valence-corrected chi connectivity index (χ2v) is 9.86. The number of para-hydroxylation sites is 1. The molecule has 0 unspecified atom stereocenters. The summed E-state index contributed by atoms with van der Waals surface area (Å²) in [6, 6.07) is 32.3. The zero-order valence-electron chi connectivity index (χ0n) is 21.9. The minimum atomic E-state index is -0.313. The van der Waals surface area contributed by atoms with Crippen LogP contribution in [0.5, 0.6) is 5.75 Å². The van der Waals surface area contributed by atoms with E-state index >= 15 is 0 Å². The standard InChI is InChI=1S/C32H26FN5O2S/c33-22-8-6-9-25(20-22)37-19-7-13-28(37)31-30(27-12-4-5-18-34-27)36-32(41)38(31)24-16-14-23(15-17-24)35-29(39)21-40-26-10-2-1-3-11-26/h1-20,30-31H,21H2,(H,35,39)(H,36,41)/t30-,31-/m1/s1. The SMILES string of the molecule is O=C(COc1ccccc1)Nc1ccc(N2C(=S)N[C@H](c3ccccn3)[C@H]2c2cccn2-c2cccc(F)c2)cc1. The fourth-order valence-electron chi connectivity index (χ4n) is 5.00. The van der Waals surface area contributed by atoms with Crippen LogP contribution in [0.1, 0.15) is 23.5 Å². The van der Waals surface area contributed by atoms with Gasteiger partial charge in [-0.3, -0.25) is 9.78 Å². The first-order chi connectivity index (χ1) is 20.1. The fraction of sp³-hybridized carbons (Fsp3) is 0.0938. The molecule has 5 aromatic rings. The molecular weight excluding hydrogens is 537 g/mol. The monoisotopic (exact) mass is 563 g/mol. The number of benzene rings is 3. The van der Waals surface area contributed by atoms with Crippen LogP contribution in [0.25, 0.3) is 5.69 Å². The van der Waals surface area contributed by atoms with Crippen molar-refractivity contribution in [2.75, 3.05) is 16.8 Å². The van der Waals surface area contributed by atoms with Crippen LogP contribution in [0.2, 0.25) is 0 Å². The summed E-state index contributed by atoms with van der Waals surface area (Å²) in [7, 11) is 0. The molecule has 3 heterocycles. The van der Waals surface area contributed by atoms with Gasteiger partial charge in [-0.2, -0.15) is 0 Å². The van der Waals surface area contributed by atoms with E-state index in [1.165, 1.54) is 12.1 Å². The molecule has 1 saturated heterocycles. The molecule has 204 valence electrons. The average molecular weight is 564 g/mol. The number of nitrogens with one attached hydrogen (secondary N) is 2. The maximum Gasteiger partial charge on any atom is 0.262 e. The van der Waals surface area contributed by atoms with E-state index in [4.69, 9.17) is 17.0 Å². The van der Waals surface area contributed by atoms with Crippen molar-refractivity contribution >= 4 is 34.6 Å². The summed E-state index contributed by atoms with van der Waals surface area (Å²) in [5.74, 6) is 0.0534. The highest BCUT2D eigenvalue weighted by molar-refractivity contribution is 7.80. The number of amides is 1. The molecule has 41 heavy (non-hydrogen) atoms. The first kappa shape index (κ1) is 26.2. The van der Waals surface area contributed by atoms with E-state index in [0.29, 0.717) is 22.2 Å². The Bertz CT molecular complexity index is 1660. The first-order valence-corrected chi connectivity index (χ1v) is 13.5. The lowest BCUT2D eigenvalue weighted by atomic mass is 10.0. The Balaban J connectivity index is 1.29. The maximum atomic E-state index is 14.2. The van der Waals surface area contributed by atoms with Crippen molar-refractivity contribution < 1.29 is 13.9 Å². The summed E-state index contributed by atoms with van der Waals surface area (Å²) < 4.78 is 21.7. The lowest BCUT2D eigenvalue weighted by Crippen LogP contribution is -2.30. The molecule has 0 saturated carbocycles. The molecule has 7 nitrogen and oxygen atoms in total. The lowest BCUT2D eigenvalue weighted by molar-refractivity contribution is -0.118. The van der Waals surface area contributed by atoms with Crippen molar-refractivity contribution in [3.63, 3.8) is 0 Å². The zero-order valence-corrected chi connectivity index (χ0v) is 22.7. The number of pyridine rings is 1. The summed E-state index contributed by atoms with van der Waals surface area (Å²) in [6.07, 6.45) is 3.67. The van der Waals surface area contributed by atoms with Gasteiger partial charge < -0.3 is 24.8 Å². The second-order valence-electron chi connectivity index (χ2n) is 9.48. The van der Waals surface area contributed by atoms with Gasteiger partial charge in [-0.25, -0.2) is 4.39 Å². The number of thiocarbonyl (C=S) groups is 1. The van der Waals surface area contributed by atoms with Crippen LogP contribution in [0.15, 0.2) is 122 Å². The largest absolute Gasteiger partial charge is 0.484 e. The number of hydrogen-bond acceptors (Lipinski definition) is 4. The number of hydrogen-bond donors (Lipinski definition) is 2. The van der Waals surface area contributed by atoms with Crippen molar-refractivity contribution in [1.82, 2.24) is 14.9 Å².